The van der Waals surface area contributed by atoms with E-state index in [0.717, 1.165) is 4.90 Å². The molecule has 0 aliphatic carbocycles. The van der Waals surface area contributed by atoms with Crippen LogP contribution in [-0.2, 0) is 4.79 Å². The molecule has 2 N–H and O–H groups in total. The van der Waals surface area contributed by atoms with Crippen LogP contribution < -0.4 is 5.32 Å². The predicted molar refractivity (Wildman–Crippen MR) is 76.6 cm³/mol. The molecule has 20 heavy (non-hydrogen) atoms. The van der Waals surface area contributed by atoms with E-state index in [1.165, 1.54) is 11.8 Å². The molecule has 0 aromatic heterocycles. The number of carbonyl (C=O) groups is 2. The summed E-state index contributed by atoms with van der Waals surface area (Å²) in [5.41, 5.74) is 0.547. The molecule has 0 aliphatic heterocycles. The number of nitrogens with one attached hydrogen (secondary N) is 1. The number of hydrogen-bond donors (Lipinski definition) is 2. The Labute approximate surface area is 122 Å². The monoisotopic (exact) mass is 292 g/mol. The summed E-state index contributed by atoms with van der Waals surface area (Å²) in [6.07, 6.45) is 1.29. The number of aliphatic carboxylic acids is 1. The first-order valence-electron chi connectivity index (χ1n) is 6.24. The second kappa shape index (κ2) is 8.99. The first-order valence-corrected chi connectivity index (χ1v) is 7.22. The molecule has 106 valence electrons. The third kappa shape index (κ3) is 5.76. The summed E-state index contributed by atoms with van der Waals surface area (Å²) in [6.45, 7) is 0.448. The Hall–Kier alpha value is -2.00. The van der Waals surface area contributed by atoms with E-state index in [9.17, 15) is 9.59 Å². The van der Waals surface area contributed by atoms with Gasteiger partial charge in [-0.15, -0.1) is 11.8 Å². The molecule has 0 fully saturated rings. The molecule has 1 rings (SSSR count). The Morgan fingerprint density at radius 3 is 2.75 bits per heavy atom. The van der Waals surface area contributed by atoms with Gasteiger partial charge in [0.15, 0.2) is 0 Å². The van der Waals surface area contributed by atoms with Crippen LogP contribution in [0.25, 0.3) is 0 Å². The summed E-state index contributed by atoms with van der Waals surface area (Å²) < 4.78 is 0. The van der Waals surface area contributed by atoms with Crippen molar-refractivity contribution in [2.24, 2.45) is 0 Å². The lowest BCUT2D eigenvalue weighted by atomic mass is 10.2. The van der Waals surface area contributed by atoms with Gasteiger partial charge in [-0.2, -0.15) is 5.26 Å². The number of carboxylic acid groups (broad SMARTS) is 1. The van der Waals surface area contributed by atoms with Crippen molar-refractivity contribution in [1.29, 1.82) is 5.26 Å². The van der Waals surface area contributed by atoms with E-state index in [1.807, 2.05) is 12.1 Å². The van der Waals surface area contributed by atoms with Crippen molar-refractivity contribution >= 4 is 23.6 Å². The van der Waals surface area contributed by atoms with Crippen LogP contribution in [0.15, 0.2) is 29.2 Å². The van der Waals surface area contributed by atoms with Gasteiger partial charge in [-0.05, 0) is 25.0 Å². The molecular formula is C14H16N2O3S. The van der Waals surface area contributed by atoms with Gasteiger partial charge in [-0.3, -0.25) is 9.59 Å². The minimum Gasteiger partial charge on any atom is -0.481 e. The second-order valence-corrected chi connectivity index (χ2v) is 5.07. The van der Waals surface area contributed by atoms with Gasteiger partial charge in [0.25, 0.3) is 5.91 Å². The van der Waals surface area contributed by atoms with Crippen LogP contribution in [0.1, 0.15) is 29.6 Å². The SMILES string of the molecule is N#CCSc1ccccc1C(=O)NCCCCC(=O)O. The van der Waals surface area contributed by atoms with Crippen LogP contribution >= 0.6 is 11.8 Å². The van der Waals surface area contributed by atoms with Crippen molar-refractivity contribution in [2.45, 2.75) is 24.2 Å². The number of benzene rings is 1. The lowest BCUT2D eigenvalue weighted by molar-refractivity contribution is -0.137. The number of rotatable bonds is 8. The zero-order valence-electron chi connectivity index (χ0n) is 11.0. The normalized spacial score (nSPS) is 9.75. The van der Waals surface area contributed by atoms with E-state index in [2.05, 4.69) is 5.32 Å². The first kappa shape index (κ1) is 16.1. The summed E-state index contributed by atoms with van der Waals surface area (Å²) in [6, 6.07) is 9.15. The van der Waals surface area contributed by atoms with E-state index in [-0.39, 0.29) is 12.3 Å². The average Bonchev–Trinajstić information content (AvgIpc) is 2.44. The minimum absolute atomic E-state index is 0.116. The summed E-state index contributed by atoms with van der Waals surface area (Å²) in [5, 5.41) is 19.8. The molecule has 6 heteroatoms. The van der Waals surface area contributed by atoms with E-state index < -0.39 is 5.97 Å². The van der Waals surface area contributed by atoms with Gasteiger partial charge < -0.3 is 10.4 Å². The highest BCUT2D eigenvalue weighted by molar-refractivity contribution is 7.99. The van der Waals surface area contributed by atoms with E-state index in [0.29, 0.717) is 30.7 Å². The Morgan fingerprint density at radius 1 is 1.30 bits per heavy atom. The van der Waals surface area contributed by atoms with E-state index in [1.54, 1.807) is 18.2 Å². The number of unbranched alkanes of at least 4 members (excludes halogenated alkanes) is 1. The number of carboxylic acids is 1. The highest BCUT2D eigenvalue weighted by Gasteiger charge is 2.10. The molecule has 0 heterocycles. The van der Waals surface area contributed by atoms with Gasteiger partial charge in [-0.25, -0.2) is 0 Å². The van der Waals surface area contributed by atoms with Crippen molar-refractivity contribution in [3.05, 3.63) is 29.8 Å². The first-order chi connectivity index (χ1) is 9.65. The topological polar surface area (TPSA) is 90.2 Å². The van der Waals surface area contributed by atoms with Crippen molar-refractivity contribution in [2.75, 3.05) is 12.3 Å². The molecule has 0 radical (unpaired) electrons. The number of hydrogen-bond acceptors (Lipinski definition) is 4. The van der Waals surface area contributed by atoms with Crippen molar-refractivity contribution in [3.8, 4) is 6.07 Å². The summed E-state index contributed by atoms with van der Waals surface area (Å²) >= 11 is 1.32. The van der Waals surface area contributed by atoms with E-state index in [4.69, 9.17) is 10.4 Å². The summed E-state index contributed by atoms with van der Waals surface area (Å²) in [7, 11) is 0. The van der Waals surface area contributed by atoms with Gasteiger partial charge in [0.1, 0.15) is 0 Å². The zero-order valence-corrected chi connectivity index (χ0v) is 11.8. The van der Waals surface area contributed by atoms with Gasteiger partial charge >= 0.3 is 5.97 Å². The highest BCUT2D eigenvalue weighted by Crippen LogP contribution is 2.22. The molecule has 1 aromatic rings. The van der Waals surface area contributed by atoms with Crippen molar-refractivity contribution in [1.82, 2.24) is 5.32 Å². The molecule has 0 saturated carbocycles. The number of thioether (sulfide) groups is 1. The van der Waals surface area contributed by atoms with Crippen molar-refractivity contribution < 1.29 is 14.7 Å². The molecule has 0 atom stereocenters. The third-order valence-electron chi connectivity index (χ3n) is 2.53. The second-order valence-electron chi connectivity index (χ2n) is 4.05. The van der Waals surface area contributed by atoms with Gasteiger partial charge in [0.2, 0.25) is 0 Å². The molecule has 0 saturated heterocycles. The fourth-order valence-electron chi connectivity index (χ4n) is 1.59. The molecule has 0 spiro atoms. The minimum atomic E-state index is -0.824. The maximum Gasteiger partial charge on any atom is 0.303 e. The standard InChI is InChI=1S/C14H16N2O3S/c15-8-10-20-12-6-2-1-5-11(12)14(19)16-9-4-3-7-13(17)18/h1-2,5-6H,3-4,7,9-10H2,(H,16,19)(H,17,18). The number of amides is 1. The fraction of sp³-hybridized carbons (Fsp3) is 0.357. The highest BCUT2D eigenvalue weighted by atomic mass is 32.2. The quantitative estimate of drug-likeness (QED) is 0.566. The molecule has 1 aromatic carbocycles. The van der Waals surface area contributed by atoms with Crippen LogP contribution in [0.4, 0.5) is 0 Å². The molecular weight excluding hydrogens is 276 g/mol. The Bertz CT molecular complexity index is 511. The average molecular weight is 292 g/mol. The number of nitriles is 1. The van der Waals surface area contributed by atoms with Gasteiger partial charge in [-0.1, -0.05) is 12.1 Å². The maximum atomic E-state index is 12.0. The van der Waals surface area contributed by atoms with Crippen molar-refractivity contribution in [3.63, 3.8) is 0 Å². The maximum absolute atomic E-state index is 12.0. The third-order valence-corrected chi connectivity index (χ3v) is 3.47. The molecule has 1 amide bonds. The smallest absolute Gasteiger partial charge is 0.303 e. The number of nitrogens with zero attached hydrogens (tertiary/aromatic N) is 1. The van der Waals surface area contributed by atoms with Crippen LogP contribution in [0.2, 0.25) is 0 Å². The molecule has 0 aliphatic rings. The Morgan fingerprint density at radius 2 is 2.05 bits per heavy atom. The van der Waals surface area contributed by atoms with Gasteiger partial charge in [0, 0.05) is 17.9 Å². The van der Waals surface area contributed by atoms with Crippen LogP contribution in [-0.4, -0.2) is 29.3 Å². The van der Waals surface area contributed by atoms with E-state index >= 15 is 0 Å². The van der Waals surface area contributed by atoms with Crippen LogP contribution in [0.5, 0.6) is 0 Å². The summed E-state index contributed by atoms with van der Waals surface area (Å²) in [5.74, 6) is -0.723. The zero-order chi connectivity index (χ0) is 14.8. The largest absolute Gasteiger partial charge is 0.481 e. The molecule has 0 bridgehead atoms. The van der Waals surface area contributed by atoms with Gasteiger partial charge in [0.05, 0.1) is 17.4 Å². The lowest BCUT2D eigenvalue weighted by Gasteiger charge is -2.08. The van der Waals surface area contributed by atoms with Crippen LogP contribution in [0, 0.1) is 11.3 Å². The predicted octanol–water partition coefficient (Wildman–Crippen LogP) is 2.29. The Kier molecular flexibility index (Phi) is 7.22. The molecule has 5 nitrogen and oxygen atoms in total. The lowest BCUT2D eigenvalue weighted by Crippen LogP contribution is -2.25. The van der Waals surface area contributed by atoms with Crippen LogP contribution in [0.3, 0.4) is 0 Å². The Balaban J connectivity index is 2.46. The fourth-order valence-corrected chi connectivity index (χ4v) is 2.30. The summed E-state index contributed by atoms with van der Waals surface area (Å²) in [4.78, 5) is 23.1. The molecule has 0 unspecified atom stereocenters. The number of carbonyl (C=O) groups excluding carboxylic acids is 1.